The molecule has 0 aromatic heterocycles. The van der Waals surface area contributed by atoms with Gasteiger partial charge in [0.15, 0.2) is 0 Å². The molecule has 0 atom stereocenters. The normalized spacial score (nSPS) is 21.9. The van der Waals surface area contributed by atoms with Crippen LogP contribution in [0.15, 0.2) is 18.2 Å². The minimum absolute atomic E-state index is 0.120. The smallest absolute Gasteiger partial charge is 0.251 e. The fourth-order valence-corrected chi connectivity index (χ4v) is 5.19. The number of nitrogens with one attached hydrogen (secondary N) is 1. The molecule has 6 nitrogen and oxygen atoms in total. The number of hydrogen-bond donors (Lipinski definition) is 1. The monoisotopic (exact) mass is 365 g/mol. The van der Waals surface area contributed by atoms with Crippen LogP contribution >= 0.6 is 0 Å². The van der Waals surface area contributed by atoms with E-state index in [1.807, 2.05) is 13.0 Å². The molecule has 0 saturated carbocycles. The summed E-state index contributed by atoms with van der Waals surface area (Å²) >= 11 is 0. The number of sulfonamides is 1. The van der Waals surface area contributed by atoms with Crippen molar-refractivity contribution in [2.24, 2.45) is 0 Å². The van der Waals surface area contributed by atoms with Gasteiger partial charge < -0.3 is 10.2 Å². The van der Waals surface area contributed by atoms with Gasteiger partial charge in [-0.25, -0.2) is 8.42 Å². The molecule has 1 aromatic carbocycles. The van der Waals surface area contributed by atoms with Gasteiger partial charge in [0, 0.05) is 18.2 Å². The molecule has 1 amide bonds. The minimum Gasteiger partial charge on any atom is -0.349 e. The molecule has 1 N–H and O–H groups in total. The fourth-order valence-electron chi connectivity index (χ4n) is 3.50. The fraction of sp³-hybridized carbons (Fsp3) is 0.611. The first-order valence-electron chi connectivity index (χ1n) is 8.97. The highest BCUT2D eigenvalue weighted by atomic mass is 32.2. The molecule has 7 heteroatoms. The molecule has 25 heavy (non-hydrogen) atoms. The predicted molar refractivity (Wildman–Crippen MR) is 99.5 cm³/mol. The Labute approximate surface area is 150 Å². The molecule has 0 aliphatic carbocycles. The molecular formula is C18H27N3O3S. The highest BCUT2D eigenvalue weighted by Crippen LogP contribution is 2.28. The molecule has 2 aliphatic heterocycles. The van der Waals surface area contributed by atoms with Crippen molar-refractivity contribution in [1.82, 2.24) is 10.2 Å². The average Bonchev–Trinajstić information content (AvgIpc) is 2.57. The van der Waals surface area contributed by atoms with Gasteiger partial charge in [0.25, 0.3) is 5.91 Å². The van der Waals surface area contributed by atoms with Crippen molar-refractivity contribution < 1.29 is 13.2 Å². The lowest BCUT2D eigenvalue weighted by molar-refractivity contribution is 0.0917. The lowest BCUT2D eigenvalue weighted by Crippen LogP contribution is -2.43. The Morgan fingerprint density at radius 2 is 1.88 bits per heavy atom. The number of amides is 1. The van der Waals surface area contributed by atoms with Gasteiger partial charge in [0.2, 0.25) is 10.0 Å². The van der Waals surface area contributed by atoms with E-state index >= 15 is 0 Å². The van der Waals surface area contributed by atoms with E-state index in [9.17, 15) is 13.2 Å². The molecule has 0 unspecified atom stereocenters. The topological polar surface area (TPSA) is 69.7 Å². The van der Waals surface area contributed by atoms with Crippen LogP contribution in [0.2, 0.25) is 0 Å². The SMILES string of the molecule is Cc1ccc(C(=O)NC2CCN(C)CC2)cc1N1CCCCS1(=O)=O. The highest BCUT2D eigenvalue weighted by molar-refractivity contribution is 7.92. The van der Waals surface area contributed by atoms with Crippen LogP contribution in [0.1, 0.15) is 41.6 Å². The van der Waals surface area contributed by atoms with E-state index < -0.39 is 10.0 Å². The summed E-state index contributed by atoms with van der Waals surface area (Å²) in [5.74, 6) is 0.0588. The summed E-state index contributed by atoms with van der Waals surface area (Å²) < 4.78 is 26.2. The zero-order chi connectivity index (χ0) is 18.0. The van der Waals surface area contributed by atoms with Gasteiger partial charge in [-0.1, -0.05) is 6.07 Å². The maximum absolute atomic E-state index is 12.6. The first kappa shape index (κ1) is 18.2. The number of benzene rings is 1. The van der Waals surface area contributed by atoms with Crippen LogP contribution < -0.4 is 9.62 Å². The van der Waals surface area contributed by atoms with E-state index in [4.69, 9.17) is 0 Å². The second kappa shape index (κ2) is 7.33. The van der Waals surface area contributed by atoms with Crippen molar-refractivity contribution >= 4 is 21.6 Å². The number of rotatable bonds is 3. The molecule has 0 bridgehead atoms. The second-order valence-corrected chi connectivity index (χ2v) is 9.16. The standard InChI is InChI=1S/C18H27N3O3S/c1-14-5-6-15(18(22)19-16-7-10-20(2)11-8-16)13-17(14)21-9-3-4-12-25(21,23)24/h5-6,13,16H,3-4,7-12H2,1-2H3,(H,19,22). The third-order valence-electron chi connectivity index (χ3n) is 5.14. The van der Waals surface area contributed by atoms with Crippen LogP contribution in [0.4, 0.5) is 5.69 Å². The van der Waals surface area contributed by atoms with E-state index in [0.717, 1.165) is 37.9 Å². The molecule has 2 aliphatic rings. The third kappa shape index (κ3) is 4.15. The van der Waals surface area contributed by atoms with Crippen LogP contribution in [-0.2, 0) is 10.0 Å². The van der Waals surface area contributed by atoms with E-state index in [1.54, 1.807) is 12.1 Å². The van der Waals surface area contributed by atoms with Crippen molar-refractivity contribution in [1.29, 1.82) is 0 Å². The number of anilines is 1. The lowest BCUT2D eigenvalue weighted by Gasteiger charge is -2.30. The highest BCUT2D eigenvalue weighted by Gasteiger charge is 2.28. The van der Waals surface area contributed by atoms with Gasteiger partial charge in [-0.3, -0.25) is 9.10 Å². The number of piperidine rings is 1. The third-order valence-corrected chi connectivity index (χ3v) is 7.00. The largest absolute Gasteiger partial charge is 0.349 e. The van der Waals surface area contributed by atoms with Crippen molar-refractivity contribution in [3.05, 3.63) is 29.3 Å². The maximum atomic E-state index is 12.6. The Balaban J connectivity index is 1.78. The Hall–Kier alpha value is -1.60. The number of carbonyl (C=O) groups excluding carboxylic acids is 1. The molecule has 2 fully saturated rings. The summed E-state index contributed by atoms with van der Waals surface area (Å²) in [6.07, 6.45) is 3.45. The van der Waals surface area contributed by atoms with Crippen LogP contribution in [-0.4, -0.2) is 57.7 Å². The maximum Gasteiger partial charge on any atom is 0.251 e. The number of nitrogens with zero attached hydrogens (tertiary/aromatic N) is 2. The summed E-state index contributed by atoms with van der Waals surface area (Å²) in [7, 11) is -1.19. The summed E-state index contributed by atoms with van der Waals surface area (Å²) in [5, 5.41) is 3.09. The van der Waals surface area contributed by atoms with Crippen LogP contribution in [0, 0.1) is 6.92 Å². The van der Waals surface area contributed by atoms with Crippen molar-refractivity contribution in [2.75, 3.05) is 36.7 Å². The summed E-state index contributed by atoms with van der Waals surface area (Å²) in [6.45, 7) is 4.34. The first-order chi connectivity index (χ1) is 11.9. The molecule has 138 valence electrons. The number of aryl methyl sites for hydroxylation is 1. The predicted octanol–water partition coefficient (Wildman–Crippen LogP) is 1.75. The average molecular weight is 365 g/mol. The molecular weight excluding hydrogens is 338 g/mol. The van der Waals surface area contributed by atoms with Crippen molar-refractivity contribution in [2.45, 2.75) is 38.6 Å². The molecule has 0 radical (unpaired) electrons. The Kier molecular flexibility index (Phi) is 5.34. The lowest BCUT2D eigenvalue weighted by atomic mass is 10.0. The second-order valence-electron chi connectivity index (χ2n) is 7.15. The Morgan fingerprint density at radius 3 is 2.56 bits per heavy atom. The zero-order valence-corrected chi connectivity index (χ0v) is 15.8. The summed E-state index contributed by atoms with van der Waals surface area (Å²) in [4.78, 5) is 14.9. The van der Waals surface area contributed by atoms with Gasteiger partial charge in [0.05, 0.1) is 11.4 Å². The van der Waals surface area contributed by atoms with Gasteiger partial charge in [-0.2, -0.15) is 0 Å². The molecule has 2 heterocycles. The summed E-state index contributed by atoms with van der Waals surface area (Å²) in [5.41, 5.74) is 2.04. The Morgan fingerprint density at radius 1 is 1.16 bits per heavy atom. The van der Waals surface area contributed by atoms with E-state index in [1.165, 1.54) is 4.31 Å². The van der Waals surface area contributed by atoms with E-state index in [2.05, 4.69) is 17.3 Å². The molecule has 0 spiro atoms. The Bertz CT molecular complexity index is 740. The number of hydrogen-bond acceptors (Lipinski definition) is 4. The van der Waals surface area contributed by atoms with E-state index in [0.29, 0.717) is 24.2 Å². The van der Waals surface area contributed by atoms with E-state index in [-0.39, 0.29) is 17.7 Å². The van der Waals surface area contributed by atoms with Gasteiger partial charge in [-0.15, -0.1) is 0 Å². The summed E-state index contributed by atoms with van der Waals surface area (Å²) in [6, 6.07) is 5.53. The molecule has 3 rings (SSSR count). The number of carbonyl (C=O) groups is 1. The molecule has 2 saturated heterocycles. The van der Waals surface area contributed by atoms with Gasteiger partial charge in [0.1, 0.15) is 0 Å². The van der Waals surface area contributed by atoms with Crippen molar-refractivity contribution in [3.63, 3.8) is 0 Å². The van der Waals surface area contributed by atoms with Crippen LogP contribution in [0.3, 0.4) is 0 Å². The minimum atomic E-state index is -3.28. The number of likely N-dealkylation sites (tertiary alicyclic amines) is 1. The zero-order valence-electron chi connectivity index (χ0n) is 15.0. The van der Waals surface area contributed by atoms with Gasteiger partial charge >= 0.3 is 0 Å². The van der Waals surface area contributed by atoms with Crippen LogP contribution in [0.25, 0.3) is 0 Å². The van der Waals surface area contributed by atoms with Crippen LogP contribution in [0.5, 0.6) is 0 Å². The quantitative estimate of drug-likeness (QED) is 0.886. The first-order valence-corrected chi connectivity index (χ1v) is 10.6. The van der Waals surface area contributed by atoms with Gasteiger partial charge in [-0.05, 0) is 70.4 Å². The van der Waals surface area contributed by atoms with Crippen molar-refractivity contribution in [3.8, 4) is 0 Å². The molecule has 1 aromatic rings.